The first-order valence-electron chi connectivity index (χ1n) is 9.53. The van der Waals surface area contributed by atoms with Crippen LogP contribution in [0, 0.1) is 0 Å². The lowest BCUT2D eigenvalue weighted by atomic mass is 10.1. The summed E-state index contributed by atoms with van der Waals surface area (Å²) in [7, 11) is -3.84. The van der Waals surface area contributed by atoms with Crippen LogP contribution >= 0.6 is 0 Å². The van der Waals surface area contributed by atoms with E-state index in [-0.39, 0.29) is 16.2 Å². The molecule has 1 amide bonds. The molecular weight excluding hydrogens is 390 g/mol. The topological polar surface area (TPSA) is 95.9 Å². The normalized spacial score (nSPS) is 17.4. The van der Waals surface area contributed by atoms with Crippen LogP contribution in [-0.2, 0) is 10.0 Å². The van der Waals surface area contributed by atoms with Crippen molar-refractivity contribution in [2.24, 2.45) is 4.40 Å². The number of benzene rings is 2. The Morgan fingerprint density at radius 3 is 2.45 bits per heavy atom. The lowest BCUT2D eigenvalue weighted by molar-refractivity contribution is 0.101. The molecule has 0 saturated carbocycles. The van der Waals surface area contributed by atoms with Gasteiger partial charge in [-0.15, -0.1) is 4.40 Å². The number of sulfonamides is 1. The molecule has 1 saturated heterocycles. The number of anilines is 2. The fourth-order valence-corrected chi connectivity index (χ4v) is 4.90. The second-order valence-corrected chi connectivity index (χ2v) is 8.79. The smallest absolute Gasteiger partial charge is 0.286 e. The second-order valence-electron chi connectivity index (χ2n) is 7.22. The molecule has 150 valence electrons. The minimum Gasteiger partial charge on any atom is -0.328 e. The van der Waals surface area contributed by atoms with Gasteiger partial charge in [0.15, 0.2) is 5.78 Å². The van der Waals surface area contributed by atoms with E-state index in [9.17, 15) is 18.0 Å². The Kier molecular flexibility index (Phi) is 4.96. The van der Waals surface area contributed by atoms with Gasteiger partial charge >= 0.3 is 0 Å². The third-order valence-corrected chi connectivity index (χ3v) is 6.49. The van der Waals surface area contributed by atoms with Crippen LogP contribution in [0.15, 0.2) is 51.8 Å². The number of hydrogen-bond acceptors (Lipinski definition) is 5. The summed E-state index contributed by atoms with van der Waals surface area (Å²) in [6, 6.07) is 11.2. The zero-order chi connectivity index (χ0) is 20.6. The summed E-state index contributed by atoms with van der Waals surface area (Å²) in [5.41, 5.74) is 1.89. The van der Waals surface area contributed by atoms with Crippen LogP contribution in [0.2, 0.25) is 0 Å². The van der Waals surface area contributed by atoms with Crippen LogP contribution in [0.3, 0.4) is 0 Å². The number of rotatable bonds is 3. The minimum absolute atomic E-state index is 0.0581. The van der Waals surface area contributed by atoms with E-state index < -0.39 is 15.9 Å². The van der Waals surface area contributed by atoms with Crippen LogP contribution in [0.4, 0.5) is 11.4 Å². The number of amidine groups is 1. The standard InChI is InChI=1S/C21H21N3O4S/c1-14(25)15-6-9-17(10-7-15)22-21(26)16-8-11-18-19(13-16)29(27,28)23-20-5-3-2-4-12-24(18)20/h6-11,13H,2-5,12H2,1H3,(H,22,26). The number of nitrogens with one attached hydrogen (secondary N) is 1. The Hall–Kier alpha value is -3.00. The van der Waals surface area contributed by atoms with E-state index in [1.54, 1.807) is 36.4 Å². The van der Waals surface area contributed by atoms with Crippen molar-refractivity contribution in [3.63, 3.8) is 0 Å². The van der Waals surface area contributed by atoms with Gasteiger partial charge in [-0.3, -0.25) is 9.59 Å². The number of Topliss-reactive ketones (excluding diaryl/α,β-unsaturated/α-hetero) is 1. The van der Waals surface area contributed by atoms with Crippen LogP contribution in [0.1, 0.15) is 53.3 Å². The molecule has 1 N–H and O–H groups in total. The third-order valence-electron chi connectivity index (χ3n) is 5.16. The van der Waals surface area contributed by atoms with Gasteiger partial charge < -0.3 is 10.2 Å². The molecule has 2 aliphatic rings. The fourth-order valence-electron chi connectivity index (χ4n) is 3.61. The van der Waals surface area contributed by atoms with Crippen molar-refractivity contribution in [2.45, 2.75) is 37.5 Å². The highest BCUT2D eigenvalue weighted by Gasteiger charge is 2.32. The molecule has 2 aromatic rings. The molecule has 0 aliphatic carbocycles. The molecule has 2 aliphatic heterocycles. The highest BCUT2D eigenvalue weighted by molar-refractivity contribution is 7.90. The highest BCUT2D eigenvalue weighted by Crippen LogP contribution is 2.35. The Morgan fingerprint density at radius 1 is 1.00 bits per heavy atom. The number of fused-ring (bicyclic) bond motifs is 3. The van der Waals surface area contributed by atoms with E-state index >= 15 is 0 Å². The predicted molar refractivity (Wildman–Crippen MR) is 111 cm³/mol. The van der Waals surface area contributed by atoms with Gasteiger partial charge in [0.05, 0.1) is 5.69 Å². The summed E-state index contributed by atoms with van der Waals surface area (Å²) >= 11 is 0. The number of ketones is 1. The van der Waals surface area contributed by atoms with Gasteiger partial charge in [-0.2, -0.15) is 8.42 Å². The summed E-state index contributed by atoms with van der Waals surface area (Å²) < 4.78 is 29.4. The van der Waals surface area contributed by atoms with E-state index in [1.807, 2.05) is 4.90 Å². The number of amides is 1. The van der Waals surface area contributed by atoms with Crippen LogP contribution in [0.25, 0.3) is 0 Å². The van der Waals surface area contributed by atoms with Crippen molar-refractivity contribution in [3.8, 4) is 0 Å². The summed E-state index contributed by atoms with van der Waals surface area (Å²) in [5, 5.41) is 2.73. The molecule has 0 radical (unpaired) electrons. The lowest BCUT2D eigenvalue weighted by Gasteiger charge is -2.29. The highest BCUT2D eigenvalue weighted by atomic mass is 32.2. The molecule has 8 heteroatoms. The number of nitrogens with zero attached hydrogens (tertiary/aromatic N) is 2. The molecule has 2 aromatic carbocycles. The van der Waals surface area contributed by atoms with Gasteiger partial charge in [-0.25, -0.2) is 0 Å². The maximum Gasteiger partial charge on any atom is 0.286 e. The zero-order valence-electron chi connectivity index (χ0n) is 16.0. The lowest BCUT2D eigenvalue weighted by Crippen LogP contribution is -2.35. The van der Waals surface area contributed by atoms with Crippen molar-refractivity contribution in [1.82, 2.24) is 0 Å². The van der Waals surface area contributed by atoms with Gasteiger partial charge in [0, 0.05) is 29.8 Å². The maximum absolute atomic E-state index is 12.7. The maximum atomic E-state index is 12.7. The first kappa shape index (κ1) is 19.3. The molecule has 0 aromatic heterocycles. The third kappa shape index (κ3) is 3.80. The average Bonchev–Trinajstić information content (AvgIpc) is 2.93. The van der Waals surface area contributed by atoms with Crippen molar-refractivity contribution >= 4 is 38.9 Å². The van der Waals surface area contributed by atoms with Crippen LogP contribution in [0.5, 0.6) is 0 Å². The monoisotopic (exact) mass is 411 g/mol. The van der Waals surface area contributed by atoms with Gasteiger partial charge in [-0.1, -0.05) is 6.42 Å². The summed E-state index contributed by atoms with van der Waals surface area (Å²) in [6.45, 7) is 2.19. The summed E-state index contributed by atoms with van der Waals surface area (Å²) in [4.78, 5) is 26.0. The van der Waals surface area contributed by atoms with E-state index in [0.717, 1.165) is 25.8 Å². The van der Waals surface area contributed by atoms with E-state index in [2.05, 4.69) is 9.71 Å². The zero-order valence-corrected chi connectivity index (χ0v) is 16.8. The van der Waals surface area contributed by atoms with E-state index in [0.29, 0.717) is 29.2 Å². The molecule has 7 nitrogen and oxygen atoms in total. The van der Waals surface area contributed by atoms with Crippen molar-refractivity contribution in [2.75, 3.05) is 16.8 Å². The average molecular weight is 411 g/mol. The molecule has 4 rings (SSSR count). The van der Waals surface area contributed by atoms with Crippen molar-refractivity contribution in [1.29, 1.82) is 0 Å². The molecule has 0 bridgehead atoms. The number of carbonyl (C=O) groups is 2. The van der Waals surface area contributed by atoms with Crippen molar-refractivity contribution < 1.29 is 18.0 Å². The summed E-state index contributed by atoms with van der Waals surface area (Å²) in [6.07, 6.45) is 3.56. The van der Waals surface area contributed by atoms with Gasteiger partial charge in [-0.05, 0) is 62.2 Å². The largest absolute Gasteiger partial charge is 0.328 e. The Morgan fingerprint density at radius 2 is 1.72 bits per heavy atom. The Balaban J connectivity index is 1.63. The quantitative estimate of drug-likeness (QED) is 0.778. The Bertz CT molecular complexity index is 1120. The molecule has 29 heavy (non-hydrogen) atoms. The first-order valence-corrected chi connectivity index (χ1v) is 11.0. The molecule has 0 unspecified atom stereocenters. The fraction of sp³-hybridized carbons (Fsp3) is 0.286. The SMILES string of the molecule is CC(=O)c1ccc(NC(=O)c2ccc3c(c2)S(=O)(=O)N=C2CCCCCN23)cc1. The molecular formula is C21H21N3O4S. The predicted octanol–water partition coefficient (Wildman–Crippen LogP) is 3.62. The first-order chi connectivity index (χ1) is 13.8. The van der Waals surface area contributed by atoms with E-state index in [1.165, 1.54) is 13.0 Å². The molecule has 0 atom stereocenters. The second kappa shape index (κ2) is 7.44. The van der Waals surface area contributed by atoms with Crippen LogP contribution in [-0.4, -0.2) is 32.5 Å². The number of carbonyl (C=O) groups excluding carboxylic acids is 2. The molecule has 0 spiro atoms. The molecule has 1 fully saturated rings. The van der Waals surface area contributed by atoms with Gasteiger partial charge in [0.25, 0.3) is 15.9 Å². The van der Waals surface area contributed by atoms with Crippen LogP contribution < -0.4 is 10.2 Å². The van der Waals surface area contributed by atoms with Gasteiger partial charge in [0.2, 0.25) is 0 Å². The Labute approximate surface area is 169 Å². The number of hydrogen-bond donors (Lipinski definition) is 1. The summed E-state index contributed by atoms with van der Waals surface area (Å²) in [5.74, 6) is 0.0955. The van der Waals surface area contributed by atoms with Gasteiger partial charge in [0.1, 0.15) is 10.7 Å². The van der Waals surface area contributed by atoms with Crippen molar-refractivity contribution in [3.05, 3.63) is 53.6 Å². The minimum atomic E-state index is -3.84. The molecule has 2 heterocycles. The van der Waals surface area contributed by atoms with E-state index in [4.69, 9.17) is 0 Å².